The van der Waals surface area contributed by atoms with E-state index in [1.54, 1.807) is 6.20 Å². The van der Waals surface area contributed by atoms with Gasteiger partial charge in [-0.05, 0) is 18.6 Å². The number of hydrogen-bond donors (Lipinski definition) is 2. The van der Waals surface area contributed by atoms with Crippen LogP contribution in [0.2, 0.25) is 0 Å². The molecule has 66 valence electrons. The number of pyridine rings is 1. The highest BCUT2D eigenvalue weighted by Crippen LogP contribution is 2.16. The Bertz CT molecular complexity index is 474. The van der Waals surface area contributed by atoms with Crippen LogP contribution in [0.5, 0.6) is 0 Å². The number of aryl methyl sites for hydroxylation is 1. The number of carbonyl (C=O) groups is 1. The van der Waals surface area contributed by atoms with Crippen LogP contribution >= 0.6 is 0 Å². The molecule has 0 unspecified atom stereocenters. The van der Waals surface area contributed by atoms with E-state index in [0.29, 0.717) is 16.7 Å². The van der Waals surface area contributed by atoms with Gasteiger partial charge < -0.3 is 5.73 Å². The first-order valence-corrected chi connectivity index (χ1v) is 3.79. The molecule has 0 bridgehead atoms. The molecule has 0 saturated heterocycles. The maximum absolute atomic E-state index is 11.0. The van der Waals surface area contributed by atoms with E-state index in [1.165, 1.54) is 0 Å². The molecule has 2 heterocycles. The molecule has 2 aromatic rings. The van der Waals surface area contributed by atoms with Crippen molar-refractivity contribution in [2.75, 3.05) is 0 Å². The molecule has 0 aliphatic carbocycles. The van der Waals surface area contributed by atoms with Gasteiger partial charge in [0.1, 0.15) is 5.69 Å². The van der Waals surface area contributed by atoms with Crippen LogP contribution in [0, 0.1) is 6.92 Å². The van der Waals surface area contributed by atoms with Gasteiger partial charge in [-0.2, -0.15) is 5.10 Å². The van der Waals surface area contributed by atoms with Crippen molar-refractivity contribution in [3.8, 4) is 0 Å². The molecule has 0 spiro atoms. The van der Waals surface area contributed by atoms with Crippen molar-refractivity contribution in [2.45, 2.75) is 6.92 Å². The molecular weight excluding hydrogens is 168 g/mol. The Hall–Kier alpha value is -1.91. The van der Waals surface area contributed by atoms with Crippen molar-refractivity contribution in [3.05, 3.63) is 23.5 Å². The molecule has 13 heavy (non-hydrogen) atoms. The number of amides is 1. The number of aromatic nitrogens is 3. The van der Waals surface area contributed by atoms with Gasteiger partial charge >= 0.3 is 0 Å². The summed E-state index contributed by atoms with van der Waals surface area (Å²) < 4.78 is 0. The average Bonchev–Trinajstić information content (AvgIpc) is 2.49. The molecule has 1 amide bonds. The Kier molecular flexibility index (Phi) is 1.51. The van der Waals surface area contributed by atoms with Gasteiger partial charge in [0.05, 0.1) is 5.39 Å². The zero-order valence-corrected chi connectivity index (χ0v) is 7.03. The van der Waals surface area contributed by atoms with E-state index in [9.17, 15) is 4.79 Å². The van der Waals surface area contributed by atoms with Gasteiger partial charge in [0, 0.05) is 6.20 Å². The molecule has 3 N–H and O–H groups in total. The number of rotatable bonds is 1. The summed E-state index contributed by atoms with van der Waals surface area (Å²) in [5.41, 5.74) is 6.93. The molecule has 0 atom stereocenters. The van der Waals surface area contributed by atoms with Crippen molar-refractivity contribution in [1.82, 2.24) is 15.2 Å². The highest BCUT2D eigenvalue weighted by atomic mass is 16.1. The molecule has 0 radical (unpaired) electrons. The number of nitrogens with two attached hydrogens (primary N) is 1. The summed E-state index contributed by atoms with van der Waals surface area (Å²) in [6.07, 6.45) is 1.64. The van der Waals surface area contributed by atoms with Crippen LogP contribution in [-0.4, -0.2) is 21.1 Å². The largest absolute Gasteiger partial charge is 0.364 e. The summed E-state index contributed by atoms with van der Waals surface area (Å²) in [7, 11) is 0. The second kappa shape index (κ2) is 2.55. The van der Waals surface area contributed by atoms with E-state index in [2.05, 4.69) is 15.2 Å². The fraction of sp³-hybridized carbons (Fsp3) is 0.125. The Morgan fingerprint density at radius 2 is 2.38 bits per heavy atom. The second-order valence-electron chi connectivity index (χ2n) is 2.79. The molecular formula is C8H8N4O. The molecule has 0 saturated carbocycles. The minimum atomic E-state index is -0.515. The summed E-state index contributed by atoms with van der Waals surface area (Å²) in [4.78, 5) is 14.9. The molecule has 0 aliphatic rings. The minimum Gasteiger partial charge on any atom is -0.364 e. The van der Waals surface area contributed by atoms with Gasteiger partial charge in [0.2, 0.25) is 0 Å². The van der Waals surface area contributed by atoms with Gasteiger partial charge in [-0.1, -0.05) is 0 Å². The van der Waals surface area contributed by atoms with E-state index in [0.717, 1.165) is 5.56 Å². The highest BCUT2D eigenvalue weighted by Gasteiger charge is 2.12. The number of H-pyrrole nitrogens is 1. The summed E-state index contributed by atoms with van der Waals surface area (Å²) in [5, 5.41) is 7.13. The van der Waals surface area contributed by atoms with E-state index >= 15 is 0 Å². The highest BCUT2D eigenvalue weighted by molar-refractivity contribution is 6.04. The lowest BCUT2D eigenvalue weighted by molar-refractivity contribution is 0.0997. The van der Waals surface area contributed by atoms with E-state index in [4.69, 9.17) is 5.73 Å². The quantitative estimate of drug-likeness (QED) is 0.658. The molecule has 5 nitrogen and oxygen atoms in total. The lowest BCUT2D eigenvalue weighted by Crippen LogP contribution is -2.12. The lowest BCUT2D eigenvalue weighted by Gasteiger charge is -1.94. The van der Waals surface area contributed by atoms with Gasteiger partial charge in [-0.15, -0.1) is 0 Å². The number of hydrogen-bond acceptors (Lipinski definition) is 3. The number of primary amides is 1. The first-order chi connectivity index (χ1) is 6.20. The van der Waals surface area contributed by atoms with Crippen LogP contribution in [0.15, 0.2) is 12.3 Å². The average molecular weight is 176 g/mol. The lowest BCUT2D eigenvalue weighted by atomic mass is 10.1. The molecule has 2 aromatic heterocycles. The number of aromatic amines is 1. The molecule has 2 rings (SSSR count). The minimum absolute atomic E-state index is 0.320. The second-order valence-corrected chi connectivity index (χ2v) is 2.79. The summed E-state index contributed by atoms with van der Waals surface area (Å²) in [5.74, 6) is -0.515. The van der Waals surface area contributed by atoms with Crippen LogP contribution in [-0.2, 0) is 0 Å². The van der Waals surface area contributed by atoms with Crippen molar-refractivity contribution >= 4 is 16.9 Å². The topological polar surface area (TPSA) is 84.7 Å². The van der Waals surface area contributed by atoms with Crippen LogP contribution < -0.4 is 5.73 Å². The summed E-state index contributed by atoms with van der Waals surface area (Å²) in [6.45, 7) is 1.88. The molecule has 0 aliphatic heterocycles. The Balaban J connectivity index is 2.86. The SMILES string of the molecule is Cc1ccnc2n[nH]c(C(N)=O)c12. The van der Waals surface area contributed by atoms with Crippen LogP contribution in [0.4, 0.5) is 0 Å². The maximum Gasteiger partial charge on any atom is 0.267 e. The Labute approximate surface area is 74.0 Å². The molecule has 0 fully saturated rings. The van der Waals surface area contributed by atoms with E-state index in [-0.39, 0.29) is 0 Å². The van der Waals surface area contributed by atoms with Gasteiger partial charge in [-0.25, -0.2) is 4.98 Å². The third-order valence-corrected chi connectivity index (χ3v) is 1.91. The number of nitrogens with one attached hydrogen (secondary N) is 1. The third kappa shape index (κ3) is 1.05. The van der Waals surface area contributed by atoms with Gasteiger partial charge in [0.15, 0.2) is 5.65 Å². The zero-order chi connectivity index (χ0) is 9.42. The van der Waals surface area contributed by atoms with Crippen LogP contribution in [0.3, 0.4) is 0 Å². The van der Waals surface area contributed by atoms with Gasteiger partial charge in [-0.3, -0.25) is 9.89 Å². The number of nitrogens with zero attached hydrogens (tertiary/aromatic N) is 2. The van der Waals surface area contributed by atoms with Crippen molar-refractivity contribution < 1.29 is 4.79 Å². The smallest absolute Gasteiger partial charge is 0.267 e. The maximum atomic E-state index is 11.0. The molecule has 5 heteroatoms. The Morgan fingerprint density at radius 3 is 3.08 bits per heavy atom. The van der Waals surface area contributed by atoms with Crippen molar-refractivity contribution in [3.63, 3.8) is 0 Å². The first kappa shape index (κ1) is 7.72. The number of fused-ring (bicyclic) bond motifs is 1. The fourth-order valence-electron chi connectivity index (χ4n) is 1.28. The molecule has 0 aromatic carbocycles. The van der Waals surface area contributed by atoms with E-state index < -0.39 is 5.91 Å². The number of carbonyl (C=O) groups excluding carboxylic acids is 1. The normalized spacial score (nSPS) is 10.5. The van der Waals surface area contributed by atoms with Crippen LogP contribution in [0.25, 0.3) is 11.0 Å². The monoisotopic (exact) mass is 176 g/mol. The standard InChI is InChI=1S/C8H8N4O/c1-4-2-3-10-8-5(4)6(7(9)13)11-12-8/h2-3H,1H3,(H2,9,13)(H,10,11,12). The summed E-state index contributed by atoms with van der Waals surface area (Å²) in [6, 6.07) is 1.81. The predicted octanol–water partition coefficient (Wildman–Crippen LogP) is 0.365. The fourth-order valence-corrected chi connectivity index (χ4v) is 1.28. The third-order valence-electron chi connectivity index (χ3n) is 1.91. The van der Waals surface area contributed by atoms with Crippen molar-refractivity contribution in [2.24, 2.45) is 5.73 Å². The van der Waals surface area contributed by atoms with E-state index in [1.807, 2.05) is 13.0 Å². The van der Waals surface area contributed by atoms with Crippen LogP contribution in [0.1, 0.15) is 16.1 Å². The zero-order valence-electron chi connectivity index (χ0n) is 7.03. The summed E-state index contributed by atoms with van der Waals surface area (Å²) >= 11 is 0. The Morgan fingerprint density at radius 1 is 1.62 bits per heavy atom. The van der Waals surface area contributed by atoms with Gasteiger partial charge in [0.25, 0.3) is 5.91 Å². The van der Waals surface area contributed by atoms with Crippen molar-refractivity contribution in [1.29, 1.82) is 0 Å². The first-order valence-electron chi connectivity index (χ1n) is 3.79. The predicted molar refractivity (Wildman–Crippen MR) is 47.1 cm³/mol.